The summed E-state index contributed by atoms with van der Waals surface area (Å²) in [5.41, 5.74) is 4.90. The number of hydrogen-bond donors (Lipinski definition) is 2. The summed E-state index contributed by atoms with van der Waals surface area (Å²) in [5.74, 6) is 1.90. The van der Waals surface area contributed by atoms with Gasteiger partial charge in [0.2, 0.25) is 0 Å². The van der Waals surface area contributed by atoms with Crippen molar-refractivity contribution in [2.75, 3.05) is 13.1 Å². The summed E-state index contributed by atoms with van der Waals surface area (Å²) in [4.78, 5) is 9.33. The molecule has 0 saturated carbocycles. The summed E-state index contributed by atoms with van der Waals surface area (Å²) >= 11 is 0. The molecule has 2 heterocycles. The zero-order valence-corrected chi connectivity index (χ0v) is 22.1. The van der Waals surface area contributed by atoms with Crippen LogP contribution in [0.15, 0.2) is 47.7 Å². The maximum absolute atomic E-state index is 4.79. The number of halogens is 1. The van der Waals surface area contributed by atoms with Crippen LogP contribution in [0, 0.1) is 13.8 Å². The Hall–Kier alpha value is -2.36. The van der Waals surface area contributed by atoms with Crippen LogP contribution in [-0.4, -0.2) is 44.4 Å². The third-order valence-electron chi connectivity index (χ3n) is 5.50. The Kier molecular flexibility index (Phi) is 10.2. The second-order valence-corrected chi connectivity index (χ2v) is 7.99. The van der Waals surface area contributed by atoms with Crippen LogP contribution in [0.1, 0.15) is 42.2 Å². The lowest BCUT2D eigenvalue weighted by Gasteiger charge is -2.18. The van der Waals surface area contributed by atoms with E-state index in [4.69, 9.17) is 4.99 Å². The van der Waals surface area contributed by atoms with Gasteiger partial charge in [0.1, 0.15) is 5.82 Å². The van der Waals surface area contributed by atoms with Gasteiger partial charge < -0.3 is 15.2 Å². The largest absolute Gasteiger partial charge is 0.357 e. The summed E-state index contributed by atoms with van der Waals surface area (Å²) in [5, 5.41) is 11.4. The molecule has 0 bridgehead atoms. The molecule has 174 valence electrons. The van der Waals surface area contributed by atoms with Crippen LogP contribution in [0.5, 0.6) is 0 Å². The highest BCUT2D eigenvalue weighted by molar-refractivity contribution is 14.0. The van der Waals surface area contributed by atoms with Gasteiger partial charge in [-0.05, 0) is 45.2 Å². The van der Waals surface area contributed by atoms with E-state index in [0.29, 0.717) is 6.54 Å². The van der Waals surface area contributed by atoms with Gasteiger partial charge in [-0.1, -0.05) is 30.3 Å². The molecule has 1 aromatic carbocycles. The summed E-state index contributed by atoms with van der Waals surface area (Å²) in [7, 11) is 2.00. The highest BCUT2D eigenvalue weighted by Gasteiger charge is 2.14. The molecule has 0 aliphatic carbocycles. The maximum atomic E-state index is 4.79. The number of hydrogen-bond acceptors (Lipinski definition) is 3. The fourth-order valence-corrected chi connectivity index (χ4v) is 3.78. The van der Waals surface area contributed by atoms with Crippen LogP contribution in [0.3, 0.4) is 0 Å². The Morgan fingerprint density at radius 2 is 1.94 bits per heavy atom. The zero-order chi connectivity index (χ0) is 22.2. The summed E-state index contributed by atoms with van der Waals surface area (Å²) in [6.07, 6.45) is 5.62. The molecule has 0 amide bonds. The highest BCUT2D eigenvalue weighted by Crippen LogP contribution is 2.14. The Morgan fingerprint density at radius 1 is 1.19 bits per heavy atom. The first-order chi connectivity index (χ1) is 15.0. The molecule has 2 aromatic heterocycles. The van der Waals surface area contributed by atoms with Gasteiger partial charge in [-0.25, -0.2) is 4.98 Å². The molecule has 2 N–H and O–H groups in total. The van der Waals surface area contributed by atoms with Gasteiger partial charge in [-0.2, -0.15) is 5.10 Å². The van der Waals surface area contributed by atoms with Crippen molar-refractivity contribution in [1.29, 1.82) is 0 Å². The molecule has 8 heteroatoms. The molecule has 0 spiro atoms. The third kappa shape index (κ3) is 7.08. The van der Waals surface area contributed by atoms with Crippen LogP contribution in [0.25, 0.3) is 0 Å². The first kappa shape index (κ1) is 25.9. The average molecular weight is 550 g/mol. The van der Waals surface area contributed by atoms with Crippen molar-refractivity contribution < 1.29 is 0 Å². The molecule has 32 heavy (non-hydrogen) atoms. The maximum Gasteiger partial charge on any atom is 0.191 e. The Morgan fingerprint density at radius 3 is 2.59 bits per heavy atom. The lowest BCUT2D eigenvalue weighted by atomic mass is 10.1. The first-order valence-electron chi connectivity index (χ1n) is 11.1. The van der Waals surface area contributed by atoms with Crippen LogP contribution in [0.4, 0.5) is 0 Å². The Balaban J connectivity index is 0.00000363. The minimum atomic E-state index is 0. The number of nitrogens with zero attached hydrogens (tertiary/aromatic N) is 5. The molecular formula is C24H36IN7. The van der Waals surface area contributed by atoms with Crippen molar-refractivity contribution in [3.05, 3.63) is 71.1 Å². The normalized spacial score (nSPS) is 12.3. The number of nitrogens with one attached hydrogen (secondary N) is 2. The molecular weight excluding hydrogens is 513 g/mol. The highest BCUT2D eigenvalue weighted by atomic mass is 127. The van der Waals surface area contributed by atoms with Gasteiger partial charge >= 0.3 is 0 Å². The Bertz CT molecular complexity index is 991. The third-order valence-corrected chi connectivity index (χ3v) is 5.50. The molecule has 1 unspecified atom stereocenters. The summed E-state index contributed by atoms with van der Waals surface area (Å²) in [6.45, 7) is 10.8. The monoisotopic (exact) mass is 549 g/mol. The topological polar surface area (TPSA) is 72.1 Å². The molecule has 0 radical (unpaired) electrons. The van der Waals surface area contributed by atoms with E-state index in [0.717, 1.165) is 43.4 Å². The predicted octanol–water partition coefficient (Wildman–Crippen LogP) is 3.63. The van der Waals surface area contributed by atoms with E-state index in [2.05, 4.69) is 77.2 Å². The van der Waals surface area contributed by atoms with E-state index in [9.17, 15) is 0 Å². The quantitative estimate of drug-likeness (QED) is 0.243. The number of guanidine groups is 1. The Labute approximate surface area is 208 Å². The van der Waals surface area contributed by atoms with Crippen molar-refractivity contribution in [3.8, 4) is 0 Å². The van der Waals surface area contributed by atoms with Gasteiger partial charge in [-0.3, -0.25) is 9.67 Å². The lowest BCUT2D eigenvalue weighted by molar-refractivity contribution is 0.634. The minimum Gasteiger partial charge on any atom is -0.357 e. The number of aryl methyl sites for hydroxylation is 2. The van der Waals surface area contributed by atoms with Crippen molar-refractivity contribution in [2.45, 2.75) is 53.1 Å². The van der Waals surface area contributed by atoms with E-state index in [1.165, 1.54) is 16.8 Å². The molecule has 0 saturated heterocycles. The van der Waals surface area contributed by atoms with Gasteiger partial charge in [0.25, 0.3) is 0 Å². The van der Waals surface area contributed by atoms with E-state index in [-0.39, 0.29) is 30.0 Å². The van der Waals surface area contributed by atoms with Crippen molar-refractivity contribution in [2.24, 2.45) is 12.0 Å². The van der Waals surface area contributed by atoms with Crippen LogP contribution in [-0.2, 0) is 26.4 Å². The van der Waals surface area contributed by atoms with E-state index in [1.807, 2.05) is 30.2 Å². The molecule has 3 aromatic rings. The molecule has 0 aliphatic heterocycles. The van der Waals surface area contributed by atoms with Gasteiger partial charge in [0, 0.05) is 57.2 Å². The molecule has 0 fully saturated rings. The lowest BCUT2D eigenvalue weighted by Crippen LogP contribution is -2.43. The van der Waals surface area contributed by atoms with Crippen LogP contribution < -0.4 is 10.6 Å². The van der Waals surface area contributed by atoms with E-state index >= 15 is 0 Å². The summed E-state index contributed by atoms with van der Waals surface area (Å²) < 4.78 is 4.15. The number of rotatable bonds is 9. The van der Waals surface area contributed by atoms with E-state index in [1.54, 1.807) is 0 Å². The van der Waals surface area contributed by atoms with Crippen LogP contribution in [0.2, 0.25) is 0 Å². The zero-order valence-electron chi connectivity index (χ0n) is 19.8. The average Bonchev–Trinajstić information content (AvgIpc) is 3.28. The minimum absolute atomic E-state index is 0. The fourth-order valence-electron chi connectivity index (χ4n) is 3.78. The fraction of sp³-hybridized carbons (Fsp3) is 0.458. The second kappa shape index (κ2) is 12.6. The van der Waals surface area contributed by atoms with Crippen LogP contribution >= 0.6 is 24.0 Å². The number of imidazole rings is 1. The molecule has 7 nitrogen and oxygen atoms in total. The molecule has 3 rings (SSSR count). The number of aliphatic imine (C=N–C) groups is 1. The standard InChI is InChI=1S/C24H35N7.HI/c1-6-25-24(28-18(2)16-22-19(3)29-30(5)20(22)4)27-13-12-23-26-14-15-31(23)17-21-10-8-7-9-11-21;/h7-11,14-15,18H,6,12-13,16-17H2,1-5H3,(H2,25,27,28);1H. The SMILES string of the molecule is CCNC(=NCCc1nccn1Cc1ccccc1)NC(C)Cc1c(C)nn(C)c1C.I. The van der Waals surface area contributed by atoms with Crippen molar-refractivity contribution in [3.63, 3.8) is 0 Å². The van der Waals surface area contributed by atoms with Crippen molar-refractivity contribution in [1.82, 2.24) is 30.0 Å². The van der Waals surface area contributed by atoms with E-state index < -0.39 is 0 Å². The van der Waals surface area contributed by atoms with Gasteiger partial charge in [0.15, 0.2) is 5.96 Å². The second-order valence-electron chi connectivity index (χ2n) is 7.99. The van der Waals surface area contributed by atoms with Gasteiger partial charge in [-0.15, -0.1) is 24.0 Å². The smallest absolute Gasteiger partial charge is 0.191 e. The predicted molar refractivity (Wildman–Crippen MR) is 142 cm³/mol. The first-order valence-corrected chi connectivity index (χ1v) is 11.1. The summed E-state index contributed by atoms with van der Waals surface area (Å²) in [6, 6.07) is 10.7. The number of aromatic nitrogens is 4. The molecule has 1 atom stereocenters. The van der Waals surface area contributed by atoms with Crippen molar-refractivity contribution >= 4 is 29.9 Å². The van der Waals surface area contributed by atoms with Gasteiger partial charge in [0.05, 0.1) is 5.69 Å². The number of benzene rings is 1. The molecule has 0 aliphatic rings.